The lowest BCUT2D eigenvalue weighted by Crippen LogP contribution is -2.30. The molecule has 0 aromatic heterocycles. The van der Waals surface area contributed by atoms with Gasteiger partial charge in [-0.15, -0.1) is 0 Å². The molecule has 0 amide bonds. The summed E-state index contributed by atoms with van der Waals surface area (Å²) in [6.07, 6.45) is 55.0. The van der Waals surface area contributed by atoms with Crippen molar-refractivity contribution in [2.75, 3.05) is 26.4 Å². The maximum Gasteiger partial charge on any atom is 0.472 e. The first kappa shape index (κ1) is 67.4. The molecule has 0 radical (unpaired) electrons. The Balaban J connectivity index is 4.74. The minimum Gasteiger partial charge on any atom is -0.462 e. The molecule has 11 nitrogen and oxygen atoms in total. The Morgan fingerprint density at radius 3 is 1.16 bits per heavy atom. The average molecular weight is 1010 g/mol. The Kier molecular flexibility index (Phi) is 50.8. The van der Waals surface area contributed by atoms with E-state index in [0.717, 1.165) is 116 Å². The van der Waals surface area contributed by atoms with Crippen LogP contribution in [0.2, 0.25) is 0 Å². The molecule has 0 aliphatic rings. The summed E-state index contributed by atoms with van der Waals surface area (Å²) >= 11 is 0. The van der Waals surface area contributed by atoms with Crippen LogP contribution in [0.15, 0.2) is 48.6 Å². The van der Waals surface area contributed by atoms with Gasteiger partial charge in [-0.05, 0) is 77.0 Å². The molecule has 3 atom stereocenters. The molecule has 0 fully saturated rings. The van der Waals surface area contributed by atoms with Crippen LogP contribution in [0.1, 0.15) is 265 Å². The summed E-state index contributed by atoms with van der Waals surface area (Å²) in [7, 11) is -4.74. The van der Waals surface area contributed by atoms with Crippen LogP contribution in [-0.2, 0) is 42.2 Å². The fourth-order valence-corrected chi connectivity index (χ4v) is 8.68. The second-order valence-corrected chi connectivity index (χ2v) is 20.5. The molecule has 0 aromatic carbocycles. The first-order valence-electron chi connectivity index (χ1n) is 28.5. The summed E-state index contributed by atoms with van der Waals surface area (Å²) in [5.74, 6) is -1.47. The predicted molar refractivity (Wildman–Crippen MR) is 289 cm³/mol. The quantitative estimate of drug-likeness (QED) is 0.0197. The fourth-order valence-electron chi connectivity index (χ4n) is 7.90. The van der Waals surface area contributed by atoms with E-state index in [2.05, 4.69) is 69.4 Å². The smallest absolute Gasteiger partial charge is 0.462 e. The zero-order valence-corrected chi connectivity index (χ0v) is 45.9. The van der Waals surface area contributed by atoms with Crippen LogP contribution in [-0.4, -0.2) is 66.5 Å². The van der Waals surface area contributed by atoms with E-state index >= 15 is 0 Å². The van der Waals surface area contributed by atoms with E-state index in [4.69, 9.17) is 23.3 Å². The number of phosphoric acid groups is 1. The van der Waals surface area contributed by atoms with Gasteiger partial charge in [0.15, 0.2) is 6.10 Å². The number of aliphatic hydroxyl groups is 1. The van der Waals surface area contributed by atoms with Gasteiger partial charge in [-0.2, -0.15) is 0 Å². The van der Waals surface area contributed by atoms with Crippen molar-refractivity contribution < 1.29 is 52.2 Å². The van der Waals surface area contributed by atoms with Crippen LogP contribution in [0.3, 0.4) is 0 Å². The normalized spacial score (nSPS) is 13.7. The molecule has 3 unspecified atom stereocenters. The van der Waals surface area contributed by atoms with Gasteiger partial charge in [0.2, 0.25) is 0 Å². The highest BCUT2D eigenvalue weighted by atomic mass is 31.2. The summed E-state index contributed by atoms with van der Waals surface area (Å²) in [6.45, 7) is 4.52. The topological polar surface area (TPSA) is 155 Å². The highest BCUT2D eigenvalue weighted by Gasteiger charge is 2.28. The lowest BCUT2D eigenvalue weighted by atomic mass is 10.1. The summed E-state index contributed by atoms with van der Waals surface area (Å²) in [4.78, 5) is 48.5. The Morgan fingerprint density at radius 2 is 0.743 bits per heavy atom. The minimum absolute atomic E-state index is 0.156. The molecular formula is C58H105O11P. The van der Waals surface area contributed by atoms with Crippen molar-refractivity contribution in [3.05, 3.63) is 48.6 Å². The Hall–Kier alpha value is -2.56. The number of rotatable bonds is 53. The summed E-state index contributed by atoms with van der Waals surface area (Å²) < 4.78 is 39.5. The van der Waals surface area contributed by atoms with Gasteiger partial charge in [-0.3, -0.25) is 23.4 Å². The Bertz CT molecular complexity index is 1360. The van der Waals surface area contributed by atoms with Crippen molar-refractivity contribution >= 4 is 25.7 Å². The summed E-state index contributed by atoms with van der Waals surface area (Å²) in [5.41, 5.74) is 0. The minimum atomic E-state index is -4.74. The molecule has 408 valence electrons. The van der Waals surface area contributed by atoms with Gasteiger partial charge in [0.25, 0.3) is 0 Å². The van der Waals surface area contributed by atoms with E-state index in [-0.39, 0.29) is 25.9 Å². The number of esters is 3. The number of ether oxygens (including phenoxy) is 3. The molecular weight excluding hydrogens is 904 g/mol. The maximum atomic E-state index is 12.9. The number of carbonyl (C=O) groups is 3. The molecule has 70 heavy (non-hydrogen) atoms. The van der Waals surface area contributed by atoms with Crippen LogP contribution in [0.4, 0.5) is 0 Å². The molecule has 0 bridgehead atoms. The molecule has 0 aromatic rings. The van der Waals surface area contributed by atoms with E-state index in [1.165, 1.54) is 89.9 Å². The van der Waals surface area contributed by atoms with E-state index in [1.54, 1.807) is 0 Å². The monoisotopic (exact) mass is 1010 g/mol. The number of hydrogen-bond donors (Lipinski definition) is 2. The van der Waals surface area contributed by atoms with Crippen LogP contribution >= 0.6 is 7.82 Å². The van der Waals surface area contributed by atoms with E-state index < -0.39 is 57.8 Å². The van der Waals surface area contributed by atoms with Gasteiger partial charge in [0, 0.05) is 19.3 Å². The molecule has 0 aliphatic heterocycles. The maximum absolute atomic E-state index is 12.9. The van der Waals surface area contributed by atoms with Gasteiger partial charge < -0.3 is 24.2 Å². The van der Waals surface area contributed by atoms with E-state index in [1.807, 2.05) is 0 Å². The van der Waals surface area contributed by atoms with Crippen molar-refractivity contribution in [2.24, 2.45) is 0 Å². The largest absolute Gasteiger partial charge is 0.472 e. The number of unbranched alkanes of at least 4 members (excludes halogenated alkanes) is 28. The van der Waals surface area contributed by atoms with Crippen LogP contribution in [0, 0.1) is 0 Å². The van der Waals surface area contributed by atoms with E-state index in [0.29, 0.717) is 19.3 Å². The fraction of sp³-hybridized carbons (Fsp3) is 0.810. The molecule has 0 saturated heterocycles. The third-order valence-corrected chi connectivity index (χ3v) is 13.2. The van der Waals surface area contributed by atoms with Crippen molar-refractivity contribution in [1.29, 1.82) is 0 Å². The molecule has 0 heterocycles. The van der Waals surface area contributed by atoms with Gasteiger partial charge >= 0.3 is 25.7 Å². The van der Waals surface area contributed by atoms with E-state index in [9.17, 15) is 28.9 Å². The Morgan fingerprint density at radius 1 is 0.414 bits per heavy atom. The molecule has 0 aliphatic carbocycles. The highest BCUT2D eigenvalue weighted by Crippen LogP contribution is 2.43. The first-order valence-corrected chi connectivity index (χ1v) is 30.0. The Labute approximate surface area is 428 Å². The van der Waals surface area contributed by atoms with Gasteiger partial charge in [-0.1, -0.05) is 217 Å². The average Bonchev–Trinajstić information content (AvgIpc) is 3.35. The summed E-state index contributed by atoms with van der Waals surface area (Å²) in [5, 5.41) is 9.79. The van der Waals surface area contributed by atoms with Crippen LogP contribution in [0.5, 0.6) is 0 Å². The lowest BCUT2D eigenvalue weighted by molar-refractivity contribution is -0.161. The molecule has 0 saturated carbocycles. The zero-order chi connectivity index (χ0) is 51.3. The molecule has 0 spiro atoms. The molecule has 0 rings (SSSR count). The lowest BCUT2D eigenvalue weighted by Gasteiger charge is -2.21. The number of allylic oxidation sites excluding steroid dienone is 8. The van der Waals surface area contributed by atoms with Crippen molar-refractivity contribution in [2.45, 2.75) is 277 Å². The molecule has 12 heteroatoms. The molecule has 2 N–H and O–H groups in total. The third kappa shape index (κ3) is 50.4. The SMILES string of the molecule is CC/C=C\C/C=C\C/C=C\CCCCCCCCCC(=O)OC(COC(=O)CCCCCCC/C=C\CCCCCCCC)COP(=O)(O)OCC(CO)OC(=O)CCCCCCCCCCCCC. The van der Waals surface area contributed by atoms with Crippen LogP contribution < -0.4 is 0 Å². The van der Waals surface area contributed by atoms with Crippen LogP contribution in [0.25, 0.3) is 0 Å². The number of phosphoric ester groups is 1. The second kappa shape index (κ2) is 52.8. The second-order valence-electron chi connectivity index (χ2n) is 19.1. The predicted octanol–water partition coefficient (Wildman–Crippen LogP) is 16.6. The number of hydrogen-bond acceptors (Lipinski definition) is 10. The standard InChI is InChI=1S/C58H105O11P/c1-4-7-10-13-16-19-22-24-26-27-29-31-34-37-40-43-46-49-58(62)69-55(51-65-56(60)47-44-41-38-35-33-30-28-25-23-20-17-14-11-8-5-2)53-67-70(63,64)66-52-54(50-59)68-57(61)48-45-42-39-36-32-21-18-15-12-9-6-3/h7,10,16,19,24-26,28,54-55,59H,4-6,8-9,11-15,17-18,20-23,27,29-53H2,1-3H3,(H,63,64)/b10-7-,19-16-,26-24-,28-25-. The third-order valence-electron chi connectivity index (χ3n) is 12.2. The highest BCUT2D eigenvalue weighted by molar-refractivity contribution is 7.47. The zero-order valence-electron chi connectivity index (χ0n) is 45.0. The van der Waals surface area contributed by atoms with Gasteiger partial charge in [0.1, 0.15) is 12.7 Å². The van der Waals surface area contributed by atoms with Gasteiger partial charge in [-0.25, -0.2) is 4.57 Å². The summed E-state index contributed by atoms with van der Waals surface area (Å²) in [6, 6.07) is 0. The van der Waals surface area contributed by atoms with Crippen molar-refractivity contribution in [3.8, 4) is 0 Å². The number of aliphatic hydroxyl groups excluding tert-OH is 1. The van der Waals surface area contributed by atoms with Crippen molar-refractivity contribution in [3.63, 3.8) is 0 Å². The van der Waals surface area contributed by atoms with Crippen molar-refractivity contribution in [1.82, 2.24) is 0 Å². The first-order chi connectivity index (χ1) is 34.2. The van der Waals surface area contributed by atoms with Gasteiger partial charge in [0.05, 0.1) is 19.8 Å². The number of carbonyl (C=O) groups excluding carboxylic acids is 3.